The van der Waals surface area contributed by atoms with Gasteiger partial charge in [0.1, 0.15) is 6.54 Å². The van der Waals surface area contributed by atoms with Crippen LogP contribution in [0.15, 0.2) is 4.99 Å². The Morgan fingerprint density at radius 3 is 2.48 bits per heavy atom. The number of aliphatic imine (C=N–C) groups is 1. The fraction of sp³-hybridized carbons (Fsp3) is 0.889. The zero-order valence-corrected chi connectivity index (χ0v) is 16.4. The van der Waals surface area contributed by atoms with Crippen LogP contribution in [-0.2, 0) is 9.53 Å². The van der Waals surface area contributed by atoms with E-state index in [1.165, 1.54) is 0 Å². The fourth-order valence-electron chi connectivity index (χ4n) is 2.88. The largest absolute Gasteiger partial charge is 0.379 e. The van der Waals surface area contributed by atoms with Crippen LogP contribution in [0.25, 0.3) is 0 Å². The molecular weight excluding hydrogens is 318 g/mol. The lowest BCUT2D eigenvalue weighted by Gasteiger charge is -2.35. The first kappa shape index (κ1) is 21.7. The molecule has 3 N–H and O–H groups in total. The third kappa shape index (κ3) is 9.65. The van der Waals surface area contributed by atoms with Crippen LogP contribution in [0.5, 0.6) is 0 Å². The van der Waals surface area contributed by atoms with Gasteiger partial charge in [0, 0.05) is 38.8 Å². The lowest BCUT2D eigenvalue weighted by atomic mass is 10.0. The van der Waals surface area contributed by atoms with Crippen LogP contribution in [0.3, 0.4) is 0 Å². The van der Waals surface area contributed by atoms with Crippen molar-refractivity contribution >= 4 is 11.9 Å². The van der Waals surface area contributed by atoms with E-state index in [0.717, 1.165) is 52.2 Å². The van der Waals surface area contributed by atoms with E-state index in [9.17, 15) is 4.79 Å². The van der Waals surface area contributed by atoms with Gasteiger partial charge in [0.15, 0.2) is 5.96 Å². The Labute approximate surface area is 153 Å². The lowest BCUT2D eigenvalue weighted by molar-refractivity contribution is -0.119. The Bertz CT molecular complexity index is 395. The van der Waals surface area contributed by atoms with Crippen LogP contribution in [0.2, 0.25) is 0 Å². The quantitative estimate of drug-likeness (QED) is 0.399. The zero-order valence-electron chi connectivity index (χ0n) is 16.4. The maximum absolute atomic E-state index is 11.7. The van der Waals surface area contributed by atoms with Gasteiger partial charge in [-0.3, -0.25) is 9.69 Å². The number of hydrogen-bond acceptors (Lipinski definition) is 4. The highest BCUT2D eigenvalue weighted by molar-refractivity contribution is 5.84. The van der Waals surface area contributed by atoms with Gasteiger partial charge in [0.25, 0.3) is 0 Å². The van der Waals surface area contributed by atoms with E-state index in [1.54, 1.807) is 0 Å². The molecule has 1 rings (SSSR count). The number of morpholine rings is 1. The first-order valence-corrected chi connectivity index (χ1v) is 9.67. The second-order valence-corrected chi connectivity index (χ2v) is 6.86. The second kappa shape index (κ2) is 12.9. The molecule has 1 fully saturated rings. The van der Waals surface area contributed by atoms with E-state index in [4.69, 9.17) is 4.74 Å². The number of carbonyl (C=O) groups excluding carboxylic acids is 1. The summed E-state index contributed by atoms with van der Waals surface area (Å²) in [5.41, 5.74) is 0. The van der Waals surface area contributed by atoms with Crippen LogP contribution in [0.4, 0.5) is 0 Å². The van der Waals surface area contributed by atoms with E-state index in [-0.39, 0.29) is 12.5 Å². The minimum atomic E-state index is -0.0361. The Morgan fingerprint density at radius 2 is 1.88 bits per heavy atom. The molecule has 0 saturated carbocycles. The molecular formula is C18H37N5O2. The van der Waals surface area contributed by atoms with Crippen LogP contribution in [0, 0.1) is 5.92 Å². The van der Waals surface area contributed by atoms with Gasteiger partial charge in [0.05, 0.1) is 13.2 Å². The molecule has 1 saturated heterocycles. The van der Waals surface area contributed by atoms with Crippen LogP contribution in [-0.4, -0.2) is 75.3 Å². The van der Waals surface area contributed by atoms with Gasteiger partial charge in [-0.05, 0) is 25.7 Å². The average Bonchev–Trinajstić information content (AvgIpc) is 2.61. The summed E-state index contributed by atoms with van der Waals surface area (Å²) in [4.78, 5) is 18.6. The number of amides is 1. The molecule has 1 atom stereocenters. The monoisotopic (exact) mass is 355 g/mol. The van der Waals surface area contributed by atoms with E-state index in [1.807, 2.05) is 13.8 Å². The summed E-state index contributed by atoms with van der Waals surface area (Å²) in [5.74, 6) is 1.30. The number of nitrogens with one attached hydrogen (secondary N) is 3. The molecule has 7 nitrogen and oxygen atoms in total. The molecule has 1 heterocycles. The van der Waals surface area contributed by atoms with Crippen molar-refractivity contribution in [2.45, 2.75) is 46.6 Å². The number of hydrogen-bond donors (Lipinski definition) is 3. The smallest absolute Gasteiger partial charge is 0.241 e. The minimum absolute atomic E-state index is 0.0361. The summed E-state index contributed by atoms with van der Waals surface area (Å²) in [6.45, 7) is 14.6. The lowest BCUT2D eigenvalue weighted by Crippen LogP contribution is -2.51. The predicted octanol–water partition coefficient (Wildman–Crippen LogP) is 0.815. The summed E-state index contributed by atoms with van der Waals surface area (Å²) in [5, 5.41) is 9.48. The molecule has 0 aliphatic carbocycles. The van der Waals surface area contributed by atoms with Gasteiger partial charge >= 0.3 is 0 Å². The first-order chi connectivity index (χ1) is 12.1. The Hall–Kier alpha value is -1.34. The maximum Gasteiger partial charge on any atom is 0.241 e. The SMILES string of the molecule is CCCNC(=O)CN=C(NCC)NCC(CC(C)C)N1CCOCC1. The van der Waals surface area contributed by atoms with Gasteiger partial charge in [-0.25, -0.2) is 4.99 Å². The van der Waals surface area contributed by atoms with Gasteiger partial charge in [-0.2, -0.15) is 0 Å². The summed E-state index contributed by atoms with van der Waals surface area (Å²) in [6, 6.07) is 0.446. The number of rotatable bonds is 10. The van der Waals surface area contributed by atoms with Crippen LogP contribution >= 0.6 is 0 Å². The van der Waals surface area contributed by atoms with Crippen LogP contribution < -0.4 is 16.0 Å². The standard InChI is InChI=1S/C18H37N5O2/c1-5-7-20-17(24)14-22-18(19-6-2)21-13-16(12-15(3)4)23-8-10-25-11-9-23/h15-16H,5-14H2,1-4H3,(H,20,24)(H2,19,21,22). The van der Waals surface area contributed by atoms with Crippen LogP contribution in [0.1, 0.15) is 40.5 Å². The Kier molecular flexibility index (Phi) is 11.2. The maximum atomic E-state index is 11.7. The summed E-state index contributed by atoms with van der Waals surface area (Å²) < 4.78 is 5.47. The number of ether oxygens (including phenoxy) is 1. The molecule has 0 aromatic rings. The Morgan fingerprint density at radius 1 is 1.16 bits per heavy atom. The molecule has 1 amide bonds. The summed E-state index contributed by atoms with van der Waals surface area (Å²) in [7, 11) is 0. The second-order valence-electron chi connectivity index (χ2n) is 6.86. The van der Waals surface area contributed by atoms with Gasteiger partial charge in [-0.15, -0.1) is 0 Å². The summed E-state index contributed by atoms with van der Waals surface area (Å²) in [6.07, 6.45) is 2.06. The first-order valence-electron chi connectivity index (χ1n) is 9.67. The number of guanidine groups is 1. The highest BCUT2D eigenvalue weighted by Gasteiger charge is 2.22. The normalized spacial score (nSPS) is 17.4. The van der Waals surface area contributed by atoms with Gasteiger partial charge in [-0.1, -0.05) is 20.8 Å². The van der Waals surface area contributed by atoms with E-state index < -0.39 is 0 Å². The molecule has 1 aliphatic heterocycles. The third-order valence-electron chi connectivity index (χ3n) is 4.11. The molecule has 7 heteroatoms. The van der Waals surface area contributed by atoms with Crippen molar-refractivity contribution in [1.82, 2.24) is 20.9 Å². The molecule has 0 radical (unpaired) electrons. The molecule has 1 aliphatic rings. The molecule has 146 valence electrons. The third-order valence-corrected chi connectivity index (χ3v) is 4.11. The van der Waals surface area contributed by atoms with Gasteiger partial charge in [0.2, 0.25) is 5.91 Å². The number of carbonyl (C=O) groups is 1. The van der Waals surface area contributed by atoms with Crippen molar-refractivity contribution in [1.29, 1.82) is 0 Å². The fourth-order valence-corrected chi connectivity index (χ4v) is 2.88. The van der Waals surface area contributed by atoms with Crippen molar-refractivity contribution in [2.75, 3.05) is 52.5 Å². The number of nitrogens with zero attached hydrogens (tertiary/aromatic N) is 2. The van der Waals surface area contributed by atoms with E-state index in [0.29, 0.717) is 24.5 Å². The average molecular weight is 356 g/mol. The Balaban J connectivity index is 2.56. The minimum Gasteiger partial charge on any atom is -0.379 e. The predicted molar refractivity (Wildman–Crippen MR) is 103 cm³/mol. The molecule has 0 aromatic carbocycles. The van der Waals surface area contributed by atoms with Crippen molar-refractivity contribution in [3.05, 3.63) is 0 Å². The van der Waals surface area contributed by atoms with Crippen molar-refractivity contribution in [3.63, 3.8) is 0 Å². The highest BCUT2D eigenvalue weighted by Crippen LogP contribution is 2.12. The highest BCUT2D eigenvalue weighted by atomic mass is 16.5. The topological polar surface area (TPSA) is 78.0 Å². The molecule has 1 unspecified atom stereocenters. The molecule has 0 aromatic heterocycles. The molecule has 25 heavy (non-hydrogen) atoms. The van der Waals surface area contributed by atoms with E-state index >= 15 is 0 Å². The molecule has 0 spiro atoms. The summed E-state index contributed by atoms with van der Waals surface area (Å²) >= 11 is 0. The van der Waals surface area contributed by atoms with Gasteiger partial charge < -0.3 is 20.7 Å². The van der Waals surface area contributed by atoms with E-state index in [2.05, 4.69) is 39.7 Å². The van der Waals surface area contributed by atoms with Crippen molar-refractivity contribution < 1.29 is 9.53 Å². The van der Waals surface area contributed by atoms with Crippen molar-refractivity contribution in [2.24, 2.45) is 10.9 Å². The van der Waals surface area contributed by atoms with Crippen molar-refractivity contribution in [3.8, 4) is 0 Å². The zero-order chi connectivity index (χ0) is 18.5. The molecule has 0 bridgehead atoms.